The zero-order valence-electron chi connectivity index (χ0n) is 14.6. The first kappa shape index (κ1) is 20.2. The van der Waals surface area contributed by atoms with Crippen molar-refractivity contribution in [2.75, 3.05) is 7.11 Å². The van der Waals surface area contributed by atoms with Gasteiger partial charge in [-0.2, -0.15) is 13.2 Å². The third-order valence-corrected chi connectivity index (χ3v) is 3.71. The lowest BCUT2D eigenvalue weighted by atomic mass is 10.0. The molecule has 1 N–H and O–H groups in total. The Balaban J connectivity index is 2.14. The summed E-state index contributed by atoms with van der Waals surface area (Å²) in [5, 5.41) is 11.7. The van der Waals surface area contributed by atoms with Crippen molar-refractivity contribution in [3.63, 3.8) is 0 Å². The van der Waals surface area contributed by atoms with Gasteiger partial charge < -0.3 is 9.57 Å². The highest BCUT2D eigenvalue weighted by molar-refractivity contribution is 6.42. The Morgan fingerprint density at radius 1 is 1.15 bits per heavy atom. The fourth-order valence-electron chi connectivity index (χ4n) is 2.27. The van der Waals surface area contributed by atoms with E-state index in [1.54, 1.807) is 24.3 Å². The van der Waals surface area contributed by atoms with Crippen LogP contribution in [-0.4, -0.2) is 24.5 Å². The Morgan fingerprint density at radius 2 is 1.85 bits per heavy atom. The highest BCUT2D eigenvalue weighted by Crippen LogP contribution is 2.29. The molecule has 0 heterocycles. The van der Waals surface area contributed by atoms with Gasteiger partial charge in [0.15, 0.2) is 0 Å². The number of ether oxygens (including phenoxy) is 1. The second-order valence-corrected chi connectivity index (χ2v) is 5.55. The molecule has 0 aliphatic carbocycles. The van der Waals surface area contributed by atoms with E-state index in [0.29, 0.717) is 11.1 Å². The van der Waals surface area contributed by atoms with Crippen molar-refractivity contribution < 1.29 is 27.5 Å². The molecule has 0 spiro atoms. The van der Waals surface area contributed by atoms with Gasteiger partial charge in [-0.3, -0.25) is 5.41 Å². The van der Waals surface area contributed by atoms with Gasteiger partial charge in [-0.25, -0.2) is 4.79 Å². The minimum atomic E-state index is -4.44. The van der Waals surface area contributed by atoms with Gasteiger partial charge >= 0.3 is 12.1 Å². The van der Waals surface area contributed by atoms with E-state index in [-0.39, 0.29) is 23.6 Å². The van der Waals surface area contributed by atoms with E-state index in [1.807, 2.05) is 0 Å². The molecule has 0 saturated heterocycles. The second-order valence-electron chi connectivity index (χ2n) is 5.55. The molecule has 8 heteroatoms. The van der Waals surface area contributed by atoms with Crippen molar-refractivity contribution in [2.45, 2.75) is 19.7 Å². The molecular formula is C19H17F3N2O3. The lowest BCUT2D eigenvalue weighted by Crippen LogP contribution is -2.17. The van der Waals surface area contributed by atoms with Crippen LogP contribution >= 0.6 is 0 Å². The standard InChI is InChI=1S/C19H17F3N2O3/c1-12(13-7-5-8-15(10-13)19(20,21)22)24-27-11-14-6-3-4-9-16(14)17(23)18(25)26-2/h3-10,23H,11H2,1-2H3. The monoisotopic (exact) mass is 378 g/mol. The van der Waals surface area contributed by atoms with Crippen LogP contribution in [-0.2, 0) is 27.2 Å². The molecule has 2 rings (SSSR count). The zero-order valence-corrected chi connectivity index (χ0v) is 14.6. The molecule has 0 aromatic heterocycles. The number of nitrogens with zero attached hydrogens (tertiary/aromatic N) is 1. The van der Waals surface area contributed by atoms with Crippen LogP contribution in [0, 0.1) is 5.41 Å². The van der Waals surface area contributed by atoms with E-state index in [0.717, 1.165) is 12.1 Å². The van der Waals surface area contributed by atoms with Gasteiger partial charge in [0.1, 0.15) is 12.3 Å². The summed E-state index contributed by atoms with van der Waals surface area (Å²) in [5.41, 5.74) is 0.300. The molecule has 0 bridgehead atoms. The number of nitrogens with one attached hydrogen (secondary N) is 1. The number of carbonyl (C=O) groups is 1. The van der Waals surface area contributed by atoms with E-state index in [4.69, 9.17) is 10.2 Å². The average molecular weight is 378 g/mol. The number of oxime groups is 1. The van der Waals surface area contributed by atoms with Crippen molar-refractivity contribution >= 4 is 17.4 Å². The van der Waals surface area contributed by atoms with E-state index < -0.39 is 17.7 Å². The predicted molar refractivity (Wildman–Crippen MR) is 93.7 cm³/mol. The van der Waals surface area contributed by atoms with Crippen LogP contribution in [0.5, 0.6) is 0 Å². The Kier molecular flexibility index (Phi) is 6.33. The number of halogens is 3. The second kappa shape index (κ2) is 8.48. The highest BCUT2D eigenvalue weighted by atomic mass is 19.4. The minimum absolute atomic E-state index is 0.0636. The number of methoxy groups -OCH3 is 1. The number of benzene rings is 2. The lowest BCUT2D eigenvalue weighted by molar-refractivity contribution is -0.137. The summed E-state index contributed by atoms with van der Waals surface area (Å²) in [6, 6.07) is 11.4. The first-order valence-corrected chi connectivity index (χ1v) is 7.83. The summed E-state index contributed by atoms with van der Waals surface area (Å²) in [7, 11) is 1.18. The minimum Gasteiger partial charge on any atom is -0.464 e. The fourth-order valence-corrected chi connectivity index (χ4v) is 2.27. The molecule has 0 atom stereocenters. The van der Waals surface area contributed by atoms with Gasteiger partial charge in [-0.1, -0.05) is 41.6 Å². The van der Waals surface area contributed by atoms with E-state index >= 15 is 0 Å². The molecular weight excluding hydrogens is 361 g/mol. The molecule has 0 amide bonds. The fraction of sp³-hybridized carbons (Fsp3) is 0.211. The number of carbonyl (C=O) groups excluding carboxylic acids is 1. The van der Waals surface area contributed by atoms with Gasteiger partial charge in [-0.05, 0) is 24.6 Å². The SMILES string of the molecule is COC(=O)C(=N)c1ccccc1CON=C(C)c1cccc(C(F)(F)F)c1. The smallest absolute Gasteiger partial charge is 0.416 e. The summed E-state index contributed by atoms with van der Waals surface area (Å²) in [5.74, 6) is -0.786. The Bertz CT molecular complexity index is 876. The van der Waals surface area contributed by atoms with Crippen LogP contribution in [0.1, 0.15) is 29.2 Å². The summed E-state index contributed by atoms with van der Waals surface area (Å²) >= 11 is 0. The lowest BCUT2D eigenvalue weighted by Gasteiger charge is -2.10. The van der Waals surface area contributed by atoms with Crippen molar-refractivity contribution in [3.05, 3.63) is 70.8 Å². The maximum absolute atomic E-state index is 12.8. The Labute approximate surface area is 153 Å². The molecule has 0 unspecified atom stereocenters. The van der Waals surface area contributed by atoms with Gasteiger partial charge in [0, 0.05) is 11.1 Å². The number of hydrogen-bond donors (Lipinski definition) is 1. The first-order valence-electron chi connectivity index (χ1n) is 7.83. The molecule has 2 aromatic carbocycles. The summed E-state index contributed by atoms with van der Waals surface area (Å²) in [4.78, 5) is 16.8. The number of alkyl halides is 3. The predicted octanol–water partition coefficient (Wildman–Crippen LogP) is 4.19. The number of hydrogen-bond acceptors (Lipinski definition) is 5. The van der Waals surface area contributed by atoms with Gasteiger partial charge in [-0.15, -0.1) is 0 Å². The maximum Gasteiger partial charge on any atom is 0.416 e. The molecule has 2 aromatic rings. The summed E-state index contributed by atoms with van der Waals surface area (Å²) in [6.07, 6.45) is -4.44. The normalized spacial score (nSPS) is 11.8. The van der Waals surface area contributed by atoms with E-state index in [1.165, 1.54) is 26.2 Å². The first-order chi connectivity index (χ1) is 12.7. The Morgan fingerprint density at radius 3 is 2.52 bits per heavy atom. The van der Waals surface area contributed by atoms with Crippen LogP contribution in [0.15, 0.2) is 53.7 Å². The van der Waals surface area contributed by atoms with E-state index in [9.17, 15) is 18.0 Å². The van der Waals surface area contributed by atoms with Crippen LogP contribution in [0.3, 0.4) is 0 Å². The summed E-state index contributed by atoms with van der Waals surface area (Å²) < 4.78 is 42.9. The quantitative estimate of drug-likeness (QED) is 0.465. The molecule has 0 aliphatic heterocycles. The molecule has 0 aliphatic rings. The molecule has 0 saturated carbocycles. The number of esters is 1. The average Bonchev–Trinajstić information content (AvgIpc) is 2.66. The molecule has 5 nitrogen and oxygen atoms in total. The van der Waals surface area contributed by atoms with Crippen molar-refractivity contribution in [2.24, 2.45) is 5.16 Å². The third-order valence-electron chi connectivity index (χ3n) is 3.71. The highest BCUT2D eigenvalue weighted by Gasteiger charge is 2.30. The Hall–Kier alpha value is -3.16. The summed E-state index contributed by atoms with van der Waals surface area (Å²) in [6.45, 7) is 1.46. The topological polar surface area (TPSA) is 71.7 Å². The third kappa shape index (κ3) is 5.16. The van der Waals surface area contributed by atoms with Gasteiger partial charge in [0.05, 0.1) is 18.4 Å². The molecule has 0 radical (unpaired) electrons. The van der Waals surface area contributed by atoms with E-state index in [2.05, 4.69) is 9.89 Å². The number of rotatable bonds is 6. The van der Waals surface area contributed by atoms with Crippen molar-refractivity contribution in [1.29, 1.82) is 5.41 Å². The van der Waals surface area contributed by atoms with Crippen molar-refractivity contribution in [3.8, 4) is 0 Å². The van der Waals surface area contributed by atoms with Crippen LogP contribution < -0.4 is 0 Å². The van der Waals surface area contributed by atoms with Gasteiger partial charge in [0.25, 0.3) is 0 Å². The van der Waals surface area contributed by atoms with Crippen LogP contribution in [0.4, 0.5) is 13.2 Å². The zero-order chi connectivity index (χ0) is 20.0. The van der Waals surface area contributed by atoms with Crippen LogP contribution in [0.25, 0.3) is 0 Å². The van der Waals surface area contributed by atoms with Gasteiger partial charge in [0.2, 0.25) is 0 Å². The molecule has 27 heavy (non-hydrogen) atoms. The maximum atomic E-state index is 12.8. The molecule has 0 fully saturated rings. The largest absolute Gasteiger partial charge is 0.464 e. The van der Waals surface area contributed by atoms with Crippen LogP contribution in [0.2, 0.25) is 0 Å². The molecule has 142 valence electrons. The van der Waals surface area contributed by atoms with Crippen molar-refractivity contribution in [1.82, 2.24) is 0 Å².